The largest absolute Gasteiger partial charge is 0.444 e. The van der Waals surface area contributed by atoms with Crippen LogP contribution >= 0.6 is 0 Å². The number of amides is 1. The van der Waals surface area contributed by atoms with Gasteiger partial charge in [0.25, 0.3) is 0 Å². The maximum Gasteiger partial charge on any atom is 0.408 e. The fraction of sp³-hybridized carbons (Fsp3) is 0.889. The van der Waals surface area contributed by atoms with Gasteiger partial charge in [0.2, 0.25) is 0 Å². The third-order valence-corrected chi connectivity index (χ3v) is 1.76. The molecule has 0 bridgehead atoms. The molecule has 1 saturated heterocycles. The van der Waals surface area contributed by atoms with Gasteiger partial charge in [0.05, 0.1) is 12.6 Å². The molecule has 5 heteroatoms. The predicted molar refractivity (Wildman–Crippen MR) is 49.7 cm³/mol. The molecule has 0 aromatic heterocycles. The second-order valence-corrected chi connectivity index (χ2v) is 4.30. The molecule has 0 aromatic carbocycles. The van der Waals surface area contributed by atoms with E-state index in [0.717, 1.165) is 0 Å². The third kappa shape index (κ3) is 3.51. The topological polar surface area (TPSA) is 67.8 Å². The highest BCUT2D eigenvalue weighted by Crippen LogP contribution is 2.12. The molecular weight excluding hydrogens is 186 g/mol. The number of nitrogens with one attached hydrogen (secondary N) is 1. The molecule has 1 fully saturated rings. The molecule has 1 aliphatic rings. The number of alkyl carbamates (subject to hydrolysis) is 1. The molecule has 2 unspecified atom stereocenters. The minimum absolute atomic E-state index is 0.357. The Morgan fingerprint density at radius 3 is 2.64 bits per heavy atom. The Morgan fingerprint density at radius 1 is 1.57 bits per heavy atom. The van der Waals surface area contributed by atoms with Crippen LogP contribution in [-0.4, -0.2) is 35.7 Å². The van der Waals surface area contributed by atoms with Crippen LogP contribution in [0.2, 0.25) is 0 Å². The molecule has 0 aromatic rings. The van der Waals surface area contributed by atoms with Crippen LogP contribution in [0.15, 0.2) is 0 Å². The quantitative estimate of drug-likeness (QED) is 0.655. The molecule has 0 aliphatic carbocycles. The van der Waals surface area contributed by atoms with Gasteiger partial charge in [-0.2, -0.15) is 0 Å². The lowest BCUT2D eigenvalue weighted by Crippen LogP contribution is -2.43. The average molecular weight is 203 g/mol. The Kier molecular flexibility index (Phi) is 3.34. The number of carbonyl (C=O) groups is 1. The lowest BCUT2D eigenvalue weighted by Gasteiger charge is -2.22. The molecule has 0 radical (unpaired) electrons. The first-order valence-electron chi connectivity index (χ1n) is 4.68. The maximum atomic E-state index is 11.3. The highest BCUT2D eigenvalue weighted by Gasteiger charge is 2.29. The SMILES string of the molecule is CC(C)(C)OC(=O)NC1CCOC1O. The summed E-state index contributed by atoms with van der Waals surface area (Å²) in [5.74, 6) is 0. The van der Waals surface area contributed by atoms with Gasteiger partial charge in [-0.1, -0.05) is 0 Å². The van der Waals surface area contributed by atoms with Crippen LogP contribution in [0.1, 0.15) is 27.2 Å². The summed E-state index contributed by atoms with van der Waals surface area (Å²) in [6.45, 7) is 5.82. The van der Waals surface area contributed by atoms with Gasteiger partial charge in [0.1, 0.15) is 5.60 Å². The van der Waals surface area contributed by atoms with Crippen molar-refractivity contribution in [2.24, 2.45) is 0 Å². The fourth-order valence-electron chi connectivity index (χ4n) is 1.18. The summed E-state index contributed by atoms with van der Waals surface area (Å²) >= 11 is 0. The van der Waals surface area contributed by atoms with E-state index in [1.165, 1.54) is 0 Å². The van der Waals surface area contributed by atoms with E-state index < -0.39 is 18.0 Å². The van der Waals surface area contributed by atoms with E-state index in [0.29, 0.717) is 13.0 Å². The maximum absolute atomic E-state index is 11.3. The summed E-state index contributed by atoms with van der Waals surface area (Å²) in [5.41, 5.74) is -0.519. The Labute approximate surface area is 83.4 Å². The minimum atomic E-state index is -0.914. The van der Waals surface area contributed by atoms with Gasteiger partial charge in [0, 0.05) is 0 Å². The van der Waals surface area contributed by atoms with Crippen LogP contribution in [-0.2, 0) is 9.47 Å². The molecule has 82 valence electrons. The van der Waals surface area contributed by atoms with E-state index in [1.807, 2.05) is 0 Å². The van der Waals surface area contributed by atoms with Crippen LogP contribution in [0.4, 0.5) is 4.79 Å². The fourth-order valence-corrected chi connectivity index (χ4v) is 1.18. The zero-order valence-electron chi connectivity index (χ0n) is 8.74. The first kappa shape index (κ1) is 11.3. The van der Waals surface area contributed by atoms with E-state index in [-0.39, 0.29) is 6.04 Å². The van der Waals surface area contributed by atoms with Crippen LogP contribution in [0.5, 0.6) is 0 Å². The normalized spacial score (nSPS) is 27.4. The summed E-state index contributed by atoms with van der Waals surface area (Å²) in [4.78, 5) is 11.3. The Balaban J connectivity index is 2.33. The summed E-state index contributed by atoms with van der Waals surface area (Å²) in [6.07, 6.45) is -0.824. The molecule has 1 aliphatic heterocycles. The zero-order chi connectivity index (χ0) is 10.8. The van der Waals surface area contributed by atoms with Crippen molar-refractivity contribution in [1.29, 1.82) is 0 Å². The Morgan fingerprint density at radius 2 is 2.21 bits per heavy atom. The second-order valence-electron chi connectivity index (χ2n) is 4.30. The number of hydrogen-bond donors (Lipinski definition) is 2. The van der Waals surface area contributed by atoms with Crippen molar-refractivity contribution in [2.75, 3.05) is 6.61 Å². The molecular formula is C9H17NO4. The van der Waals surface area contributed by atoms with Gasteiger partial charge in [0.15, 0.2) is 6.29 Å². The van der Waals surface area contributed by atoms with Crippen molar-refractivity contribution in [1.82, 2.24) is 5.32 Å². The summed E-state index contributed by atoms with van der Waals surface area (Å²) in [5, 5.41) is 11.8. The van der Waals surface area contributed by atoms with Gasteiger partial charge in [-0.15, -0.1) is 0 Å². The highest BCUT2D eigenvalue weighted by atomic mass is 16.6. The molecule has 1 heterocycles. The molecule has 14 heavy (non-hydrogen) atoms. The van der Waals surface area contributed by atoms with Crippen molar-refractivity contribution < 1.29 is 19.4 Å². The number of carbonyl (C=O) groups excluding carboxylic acids is 1. The number of rotatable bonds is 1. The average Bonchev–Trinajstić information content (AvgIpc) is 2.32. The highest BCUT2D eigenvalue weighted by molar-refractivity contribution is 5.68. The van der Waals surface area contributed by atoms with Crippen molar-refractivity contribution in [3.8, 4) is 0 Å². The number of aliphatic hydroxyl groups excluding tert-OH is 1. The van der Waals surface area contributed by atoms with Crippen LogP contribution in [0, 0.1) is 0 Å². The minimum Gasteiger partial charge on any atom is -0.444 e. The standard InChI is InChI=1S/C9H17NO4/c1-9(2,3)14-8(12)10-6-4-5-13-7(6)11/h6-7,11H,4-5H2,1-3H3,(H,10,12). The van der Waals surface area contributed by atoms with Crippen molar-refractivity contribution >= 4 is 6.09 Å². The van der Waals surface area contributed by atoms with Gasteiger partial charge < -0.3 is 19.9 Å². The monoisotopic (exact) mass is 203 g/mol. The van der Waals surface area contributed by atoms with Crippen molar-refractivity contribution in [3.63, 3.8) is 0 Å². The number of hydrogen-bond acceptors (Lipinski definition) is 4. The van der Waals surface area contributed by atoms with Crippen molar-refractivity contribution in [2.45, 2.75) is 45.1 Å². The van der Waals surface area contributed by atoms with Crippen LogP contribution in [0.3, 0.4) is 0 Å². The van der Waals surface area contributed by atoms with E-state index >= 15 is 0 Å². The Bertz CT molecular complexity index is 211. The predicted octanol–water partition coefficient (Wildman–Crippen LogP) is 0.618. The molecule has 1 amide bonds. The smallest absolute Gasteiger partial charge is 0.408 e. The van der Waals surface area contributed by atoms with E-state index in [1.54, 1.807) is 20.8 Å². The number of aliphatic hydroxyl groups is 1. The zero-order valence-corrected chi connectivity index (χ0v) is 8.74. The lowest BCUT2D eigenvalue weighted by molar-refractivity contribution is -0.0723. The molecule has 2 N–H and O–H groups in total. The molecule has 0 spiro atoms. The lowest BCUT2D eigenvalue weighted by atomic mass is 10.2. The van der Waals surface area contributed by atoms with Crippen molar-refractivity contribution in [3.05, 3.63) is 0 Å². The van der Waals surface area contributed by atoms with Gasteiger partial charge >= 0.3 is 6.09 Å². The van der Waals surface area contributed by atoms with E-state index in [2.05, 4.69) is 5.32 Å². The summed E-state index contributed by atoms with van der Waals surface area (Å²) in [6, 6.07) is -0.357. The second kappa shape index (κ2) is 4.14. The summed E-state index contributed by atoms with van der Waals surface area (Å²) < 4.78 is 9.91. The van der Waals surface area contributed by atoms with E-state index in [4.69, 9.17) is 9.47 Å². The van der Waals surface area contributed by atoms with Gasteiger partial charge in [-0.25, -0.2) is 4.79 Å². The molecule has 0 saturated carbocycles. The van der Waals surface area contributed by atoms with Gasteiger partial charge in [-0.3, -0.25) is 0 Å². The molecule has 1 rings (SSSR count). The first-order chi connectivity index (χ1) is 6.38. The van der Waals surface area contributed by atoms with Gasteiger partial charge in [-0.05, 0) is 27.2 Å². The molecule has 2 atom stereocenters. The summed E-state index contributed by atoms with van der Waals surface area (Å²) in [7, 11) is 0. The Hall–Kier alpha value is -0.810. The first-order valence-corrected chi connectivity index (χ1v) is 4.68. The third-order valence-electron chi connectivity index (χ3n) is 1.76. The van der Waals surface area contributed by atoms with E-state index in [9.17, 15) is 9.90 Å². The van der Waals surface area contributed by atoms with Crippen LogP contribution < -0.4 is 5.32 Å². The molecule has 5 nitrogen and oxygen atoms in total. The number of ether oxygens (including phenoxy) is 2. The van der Waals surface area contributed by atoms with Crippen LogP contribution in [0.25, 0.3) is 0 Å².